The number of rotatable bonds is 14. The number of hydrogen-bond donors (Lipinski definition) is 4. The van der Waals surface area contributed by atoms with Gasteiger partial charge in [-0.25, -0.2) is 17.9 Å². The number of amides is 2. The highest BCUT2D eigenvalue weighted by Gasteiger charge is 2.24. The second-order valence-corrected chi connectivity index (χ2v) is 10.9. The molecule has 0 saturated carbocycles. The van der Waals surface area contributed by atoms with Crippen LogP contribution in [0.2, 0.25) is 0 Å². The van der Waals surface area contributed by atoms with Crippen molar-refractivity contribution < 1.29 is 32.6 Å². The first-order chi connectivity index (χ1) is 19.1. The van der Waals surface area contributed by atoms with E-state index in [1.807, 2.05) is 42.0 Å². The smallest absolute Gasteiger partial charge is 0.404 e. The molecular formula is C29H35N3O7S. The van der Waals surface area contributed by atoms with E-state index in [2.05, 4.69) is 5.32 Å². The molecule has 10 nitrogen and oxygen atoms in total. The second kappa shape index (κ2) is 14.5. The zero-order chi connectivity index (χ0) is 29.1. The van der Waals surface area contributed by atoms with Crippen molar-refractivity contribution in [1.29, 1.82) is 0 Å². The summed E-state index contributed by atoms with van der Waals surface area (Å²) in [5.41, 5.74) is 9.19. The van der Waals surface area contributed by atoms with E-state index in [0.717, 1.165) is 22.9 Å². The van der Waals surface area contributed by atoms with Gasteiger partial charge in [0.25, 0.3) is 5.91 Å². The summed E-state index contributed by atoms with van der Waals surface area (Å²) in [6.07, 6.45) is -0.966. The number of aliphatic hydroxyl groups excluding tert-OH is 1. The summed E-state index contributed by atoms with van der Waals surface area (Å²) in [6, 6.07) is 21.7. The number of ether oxygens (including phenoxy) is 2. The number of aliphatic hydroxyl groups is 1. The predicted octanol–water partition coefficient (Wildman–Crippen LogP) is 3.62. The predicted molar refractivity (Wildman–Crippen MR) is 153 cm³/mol. The number of nitrogens with one attached hydrogen (secondary N) is 2. The Morgan fingerprint density at radius 2 is 1.68 bits per heavy atom. The molecule has 2 amide bonds. The molecule has 2 atom stereocenters. The summed E-state index contributed by atoms with van der Waals surface area (Å²) in [5.74, 6) is -0.728. The number of aryl methyl sites for hydroxylation is 1. The molecule has 1 unspecified atom stereocenters. The summed E-state index contributed by atoms with van der Waals surface area (Å²) < 4.78 is 35.7. The van der Waals surface area contributed by atoms with E-state index < -0.39 is 34.2 Å². The van der Waals surface area contributed by atoms with E-state index in [0.29, 0.717) is 43.9 Å². The fourth-order valence-electron chi connectivity index (χ4n) is 4.16. The van der Waals surface area contributed by atoms with Crippen molar-refractivity contribution in [2.45, 2.75) is 32.0 Å². The lowest BCUT2D eigenvalue weighted by atomic mass is 9.96. The molecule has 0 aliphatic heterocycles. The lowest BCUT2D eigenvalue weighted by Crippen LogP contribution is -2.30. The van der Waals surface area contributed by atoms with Crippen molar-refractivity contribution in [3.05, 3.63) is 89.5 Å². The van der Waals surface area contributed by atoms with Crippen molar-refractivity contribution in [2.75, 3.05) is 31.3 Å². The van der Waals surface area contributed by atoms with Crippen LogP contribution in [0, 0.1) is 0 Å². The molecule has 0 aromatic heterocycles. The van der Waals surface area contributed by atoms with Gasteiger partial charge in [0.15, 0.2) is 0 Å². The monoisotopic (exact) mass is 569 g/mol. The van der Waals surface area contributed by atoms with E-state index in [4.69, 9.17) is 15.2 Å². The minimum Gasteiger partial charge on any atom is -0.443 e. The van der Waals surface area contributed by atoms with E-state index in [9.17, 15) is 23.1 Å². The standard InChI is InChI=1S/C29H35N3O7S/c1-3-38-18-17-31-25-19-23(14-15-24(25)28(34)32-40(2,36)37)21-12-9-20(10-13-21)11-16-26(39-29(30)35)27(33)22-7-5-4-6-8-22/h4-10,12-15,19,26-27,31,33H,3,11,16-18H2,1-2H3,(H2,30,35)(H,32,34)/t26?,27-/m1/s1. The van der Waals surface area contributed by atoms with Crippen molar-refractivity contribution in [3.63, 3.8) is 0 Å². The minimum atomic E-state index is -3.73. The SMILES string of the molecule is CCOCCNc1cc(-c2ccc(CCC(OC(N)=O)[C@H](O)c3ccccc3)cc2)ccc1C(=O)NS(C)(=O)=O. The Labute approximate surface area is 234 Å². The maximum Gasteiger partial charge on any atom is 0.404 e. The Bertz CT molecular complexity index is 1380. The van der Waals surface area contributed by atoms with Crippen molar-refractivity contribution in [2.24, 2.45) is 5.73 Å². The second-order valence-electron chi connectivity index (χ2n) is 9.15. The van der Waals surface area contributed by atoms with Crippen LogP contribution in [0.3, 0.4) is 0 Å². The molecule has 3 aromatic carbocycles. The number of anilines is 1. The highest BCUT2D eigenvalue weighted by atomic mass is 32.2. The van der Waals surface area contributed by atoms with Crippen LogP contribution in [-0.4, -0.2) is 57.6 Å². The van der Waals surface area contributed by atoms with Gasteiger partial charge in [0.05, 0.1) is 18.4 Å². The Morgan fingerprint density at radius 1 is 1.00 bits per heavy atom. The Morgan fingerprint density at radius 3 is 2.30 bits per heavy atom. The molecule has 5 N–H and O–H groups in total. The largest absolute Gasteiger partial charge is 0.443 e. The van der Waals surface area contributed by atoms with Crippen LogP contribution in [0.15, 0.2) is 72.8 Å². The van der Waals surface area contributed by atoms with Crippen LogP contribution < -0.4 is 15.8 Å². The average molecular weight is 570 g/mol. The molecule has 214 valence electrons. The molecule has 0 aliphatic carbocycles. The van der Waals surface area contributed by atoms with Gasteiger partial charge in [0, 0.05) is 18.8 Å². The Kier molecular flexibility index (Phi) is 11.1. The van der Waals surface area contributed by atoms with Crippen molar-refractivity contribution in [3.8, 4) is 11.1 Å². The molecule has 0 radical (unpaired) electrons. The number of primary amides is 1. The molecule has 0 saturated heterocycles. The Balaban J connectivity index is 1.76. The Hall–Kier alpha value is -3.93. The van der Waals surface area contributed by atoms with E-state index in [1.54, 1.807) is 42.5 Å². The summed E-state index contributed by atoms with van der Waals surface area (Å²) >= 11 is 0. The summed E-state index contributed by atoms with van der Waals surface area (Å²) in [6.45, 7) is 3.28. The zero-order valence-corrected chi connectivity index (χ0v) is 23.3. The van der Waals surface area contributed by atoms with Crippen LogP contribution in [-0.2, 0) is 25.9 Å². The third-order valence-electron chi connectivity index (χ3n) is 6.07. The van der Waals surface area contributed by atoms with E-state index in [-0.39, 0.29) is 5.56 Å². The van der Waals surface area contributed by atoms with Gasteiger partial charge in [-0.1, -0.05) is 60.7 Å². The van der Waals surface area contributed by atoms with Crippen LogP contribution in [0.4, 0.5) is 10.5 Å². The third kappa shape index (κ3) is 9.37. The molecule has 0 heterocycles. The molecule has 3 rings (SSSR count). The van der Waals surface area contributed by atoms with Gasteiger partial charge >= 0.3 is 6.09 Å². The van der Waals surface area contributed by atoms with Crippen molar-refractivity contribution in [1.82, 2.24) is 4.72 Å². The number of carbonyl (C=O) groups excluding carboxylic acids is 2. The molecule has 0 fully saturated rings. The molecule has 40 heavy (non-hydrogen) atoms. The number of sulfonamides is 1. The lowest BCUT2D eigenvalue weighted by Gasteiger charge is -2.22. The summed E-state index contributed by atoms with van der Waals surface area (Å²) in [7, 11) is -3.73. The molecule has 11 heteroatoms. The van der Waals surface area contributed by atoms with Crippen molar-refractivity contribution >= 4 is 27.7 Å². The highest BCUT2D eigenvalue weighted by molar-refractivity contribution is 7.89. The number of nitrogens with two attached hydrogens (primary N) is 1. The van der Waals surface area contributed by atoms with Crippen LogP contribution in [0.1, 0.15) is 40.9 Å². The number of benzene rings is 3. The van der Waals surface area contributed by atoms with Gasteiger partial charge in [0.1, 0.15) is 12.2 Å². The fraction of sp³-hybridized carbons (Fsp3) is 0.310. The number of carbonyl (C=O) groups is 2. The zero-order valence-electron chi connectivity index (χ0n) is 22.5. The van der Waals surface area contributed by atoms with Crippen LogP contribution in [0.5, 0.6) is 0 Å². The first-order valence-corrected chi connectivity index (χ1v) is 14.7. The summed E-state index contributed by atoms with van der Waals surface area (Å²) in [5, 5.41) is 13.9. The van der Waals surface area contributed by atoms with Gasteiger partial charge in [-0.3, -0.25) is 4.79 Å². The first kappa shape index (κ1) is 30.6. The van der Waals surface area contributed by atoms with Crippen LogP contribution in [0.25, 0.3) is 11.1 Å². The van der Waals surface area contributed by atoms with Gasteiger partial charge in [-0.05, 0) is 54.2 Å². The highest BCUT2D eigenvalue weighted by Crippen LogP contribution is 2.28. The quantitative estimate of drug-likeness (QED) is 0.214. The van der Waals surface area contributed by atoms with Gasteiger partial charge in [-0.15, -0.1) is 0 Å². The lowest BCUT2D eigenvalue weighted by molar-refractivity contribution is 0.000953. The van der Waals surface area contributed by atoms with E-state index >= 15 is 0 Å². The molecule has 0 spiro atoms. The minimum absolute atomic E-state index is 0.194. The molecule has 0 aliphatic rings. The van der Waals surface area contributed by atoms with Gasteiger partial charge in [0.2, 0.25) is 10.0 Å². The molecular weight excluding hydrogens is 534 g/mol. The number of hydrogen-bond acceptors (Lipinski definition) is 8. The van der Waals surface area contributed by atoms with Gasteiger partial charge < -0.3 is 25.6 Å². The maximum absolute atomic E-state index is 12.6. The summed E-state index contributed by atoms with van der Waals surface area (Å²) in [4.78, 5) is 24.0. The van der Waals surface area contributed by atoms with E-state index in [1.165, 1.54) is 0 Å². The fourth-order valence-corrected chi connectivity index (χ4v) is 4.61. The van der Waals surface area contributed by atoms with Crippen LogP contribution >= 0.6 is 0 Å². The first-order valence-electron chi connectivity index (χ1n) is 12.8. The third-order valence-corrected chi connectivity index (χ3v) is 6.63. The molecule has 3 aromatic rings. The average Bonchev–Trinajstić information content (AvgIpc) is 2.92. The molecule has 0 bridgehead atoms. The normalized spacial score (nSPS) is 12.8. The maximum atomic E-state index is 12.6. The van der Waals surface area contributed by atoms with Gasteiger partial charge in [-0.2, -0.15) is 0 Å². The topological polar surface area (TPSA) is 157 Å².